The molecule has 5 heteroatoms. The first-order valence-corrected chi connectivity index (χ1v) is 11.4. The van der Waals surface area contributed by atoms with Gasteiger partial charge in [0.25, 0.3) is 0 Å². The van der Waals surface area contributed by atoms with Gasteiger partial charge >= 0.3 is 0 Å². The average molecular weight is 425 g/mol. The summed E-state index contributed by atoms with van der Waals surface area (Å²) < 4.78 is 5.36. The Morgan fingerprint density at radius 3 is 2.61 bits per heavy atom. The molecule has 0 fully saturated rings. The normalized spacial score (nSPS) is 12.3. The summed E-state index contributed by atoms with van der Waals surface area (Å²) in [4.78, 5) is 23.8. The van der Waals surface area contributed by atoms with Crippen molar-refractivity contribution in [3.05, 3.63) is 59.2 Å². The minimum absolute atomic E-state index is 0.0461. The van der Waals surface area contributed by atoms with E-state index in [-0.39, 0.29) is 11.7 Å². The Kier molecular flexibility index (Phi) is 10.8. The number of rotatable bonds is 10. The first-order valence-electron chi connectivity index (χ1n) is 11.4. The molecular formula is C26H36N2O3. The Morgan fingerprint density at radius 1 is 1.06 bits per heavy atom. The maximum absolute atomic E-state index is 12.4. The van der Waals surface area contributed by atoms with Crippen LogP contribution >= 0.6 is 0 Å². The van der Waals surface area contributed by atoms with Crippen molar-refractivity contribution < 1.29 is 14.3 Å². The quantitative estimate of drug-likeness (QED) is 0.407. The van der Waals surface area contributed by atoms with Gasteiger partial charge in [-0.3, -0.25) is 9.59 Å². The van der Waals surface area contributed by atoms with Crippen LogP contribution in [0.3, 0.4) is 0 Å². The molecule has 0 saturated heterocycles. The van der Waals surface area contributed by atoms with Crippen LogP contribution in [0.1, 0.15) is 67.4 Å². The molecule has 0 saturated carbocycles. The Balaban J connectivity index is 0.00000107. The summed E-state index contributed by atoms with van der Waals surface area (Å²) in [5, 5.41) is 6.29. The van der Waals surface area contributed by atoms with Gasteiger partial charge in [0.2, 0.25) is 5.91 Å². The molecule has 1 aliphatic heterocycles. The van der Waals surface area contributed by atoms with Crippen molar-refractivity contribution in [3.63, 3.8) is 0 Å². The lowest BCUT2D eigenvalue weighted by Crippen LogP contribution is -2.19. The molecule has 1 heterocycles. The fourth-order valence-corrected chi connectivity index (χ4v) is 3.49. The maximum Gasteiger partial charge on any atom is 0.224 e. The van der Waals surface area contributed by atoms with E-state index < -0.39 is 0 Å². The number of unbranched alkanes of at least 4 members (excludes halogenated alkanes) is 1. The number of benzene rings is 2. The number of amides is 1. The van der Waals surface area contributed by atoms with Crippen LogP contribution in [-0.2, 0) is 17.6 Å². The molecule has 1 aliphatic rings. The van der Waals surface area contributed by atoms with E-state index in [0.717, 1.165) is 54.9 Å². The molecule has 31 heavy (non-hydrogen) atoms. The lowest BCUT2D eigenvalue weighted by Gasteiger charge is -2.17. The fraction of sp³-hybridized carbons (Fsp3) is 0.462. The molecule has 0 atom stereocenters. The van der Waals surface area contributed by atoms with Gasteiger partial charge in [0.1, 0.15) is 5.75 Å². The number of carbonyl (C=O) groups excluding carboxylic acids is 2. The van der Waals surface area contributed by atoms with E-state index in [1.54, 1.807) is 7.11 Å². The number of aryl methyl sites for hydroxylation is 1. The van der Waals surface area contributed by atoms with E-state index in [1.807, 2.05) is 36.4 Å². The number of hydrogen-bond donors (Lipinski definition) is 2. The first-order chi connectivity index (χ1) is 15.1. The molecular weight excluding hydrogens is 388 g/mol. The molecule has 2 aromatic rings. The van der Waals surface area contributed by atoms with Crippen molar-refractivity contribution in [1.82, 2.24) is 5.32 Å². The molecule has 0 aliphatic carbocycles. The maximum atomic E-state index is 12.4. The number of nitrogens with one attached hydrogen (secondary N) is 2. The molecule has 168 valence electrons. The van der Waals surface area contributed by atoms with Gasteiger partial charge in [-0.2, -0.15) is 0 Å². The van der Waals surface area contributed by atoms with E-state index in [1.165, 1.54) is 12.0 Å². The number of ether oxygens (including phenoxy) is 1. The number of carbonyl (C=O) groups is 2. The second-order valence-corrected chi connectivity index (χ2v) is 7.82. The van der Waals surface area contributed by atoms with Crippen LogP contribution in [-0.4, -0.2) is 31.9 Å². The second kappa shape index (κ2) is 13.6. The predicted octanol–water partition coefficient (Wildman–Crippen LogP) is 5.18. The molecule has 0 spiro atoms. The smallest absolute Gasteiger partial charge is 0.224 e. The van der Waals surface area contributed by atoms with Crippen LogP contribution in [0.2, 0.25) is 0 Å². The molecule has 1 amide bonds. The second-order valence-electron chi connectivity index (χ2n) is 7.82. The number of ketones is 1. The molecule has 0 radical (unpaired) electrons. The van der Waals surface area contributed by atoms with Crippen LogP contribution in [0.15, 0.2) is 42.5 Å². The van der Waals surface area contributed by atoms with Crippen molar-refractivity contribution in [3.8, 4) is 5.75 Å². The van der Waals surface area contributed by atoms with E-state index >= 15 is 0 Å². The van der Waals surface area contributed by atoms with Crippen molar-refractivity contribution in [2.24, 2.45) is 0 Å². The van der Waals surface area contributed by atoms with Crippen molar-refractivity contribution >= 4 is 17.4 Å². The third-order valence-electron chi connectivity index (χ3n) is 5.09. The SMILES string of the molecule is CCC.COc1ccccc1CCNCCCCC(=O)c1ccc2c(c1)CCC(=O)N2. The Morgan fingerprint density at radius 2 is 1.84 bits per heavy atom. The summed E-state index contributed by atoms with van der Waals surface area (Å²) in [5.41, 5.74) is 3.85. The number of Topliss-reactive ketones (excluding diaryl/α,β-unsaturated/α-hetero) is 1. The fourth-order valence-electron chi connectivity index (χ4n) is 3.49. The Labute approximate surface area is 186 Å². The number of para-hydroxylation sites is 1. The van der Waals surface area contributed by atoms with E-state index in [4.69, 9.17) is 4.74 Å². The molecule has 2 aromatic carbocycles. The molecule has 5 nitrogen and oxygen atoms in total. The number of anilines is 1. The largest absolute Gasteiger partial charge is 0.496 e. The lowest BCUT2D eigenvalue weighted by molar-refractivity contribution is -0.116. The van der Waals surface area contributed by atoms with E-state index in [9.17, 15) is 9.59 Å². The summed E-state index contributed by atoms with van der Waals surface area (Å²) in [7, 11) is 1.70. The van der Waals surface area contributed by atoms with Crippen LogP contribution in [0.4, 0.5) is 5.69 Å². The summed E-state index contributed by atoms with van der Waals surface area (Å²) >= 11 is 0. The standard InChI is InChI=1S/C23H28N2O3.C3H8/c1-28-22-8-3-2-6-17(22)13-15-24-14-5-4-7-21(26)19-9-11-20-18(16-19)10-12-23(27)25-20;1-3-2/h2-3,6,8-9,11,16,24H,4-5,7,10,12-15H2,1H3,(H,25,27);3H2,1-2H3. The zero-order chi connectivity index (χ0) is 22.5. The zero-order valence-corrected chi connectivity index (χ0v) is 19.1. The topological polar surface area (TPSA) is 67.4 Å². The third-order valence-corrected chi connectivity index (χ3v) is 5.09. The van der Waals surface area contributed by atoms with Gasteiger partial charge < -0.3 is 15.4 Å². The van der Waals surface area contributed by atoms with Gasteiger partial charge in [0, 0.05) is 24.1 Å². The van der Waals surface area contributed by atoms with Gasteiger partial charge in [0.15, 0.2) is 5.78 Å². The summed E-state index contributed by atoms with van der Waals surface area (Å²) in [5.74, 6) is 1.15. The minimum atomic E-state index is 0.0461. The van der Waals surface area contributed by atoms with Crippen molar-refractivity contribution in [2.75, 3.05) is 25.5 Å². The first kappa shape index (κ1) is 24.6. The predicted molar refractivity (Wildman–Crippen MR) is 127 cm³/mol. The molecule has 3 rings (SSSR count). The van der Waals surface area contributed by atoms with Gasteiger partial charge in [-0.15, -0.1) is 0 Å². The Bertz CT molecular complexity index is 848. The molecule has 2 N–H and O–H groups in total. The van der Waals surface area contributed by atoms with Gasteiger partial charge in [-0.05, 0) is 74.2 Å². The van der Waals surface area contributed by atoms with E-state index in [0.29, 0.717) is 19.3 Å². The highest BCUT2D eigenvalue weighted by Crippen LogP contribution is 2.24. The number of hydrogen-bond acceptors (Lipinski definition) is 4. The van der Waals surface area contributed by atoms with E-state index in [2.05, 4.69) is 30.5 Å². The molecule has 0 aromatic heterocycles. The van der Waals surface area contributed by atoms with Crippen LogP contribution in [0.5, 0.6) is 5.75 Å². The highest BCUT2D eigenvalue weighted by atomic mass is 16.5. The average Bonchev–Trinajstić information content (AvgIpc) is 2.78. The van der Waals surface area contributed by atoms with Crippen molar-refractivity contribution in [1.29, 1.82) is 0 Å². The number of methoxy groups -OCH3 is 1. The monoisotopic (exact) mass is 424 g/mol. The third kappa shape index (κ3) is 8.18. The summed E-state index contributed by atoms with van der Waals surface area (Å²) in [6.07, 6.45) is 5.77. The Hall–Kier alpha value is -2.66. The molecule has 0 bridgehead atoms. The summed E-state index contributed by atoms with van der Waals surface area (Å²) in [6.45, 7) is 6.05. The summed E-state index contributed by atoms with van der Waals surface area (Å²) in [6, 6.07) is 13.7. The van der Waals surface area contributed by atoms with Crippen LogP contribution < -0.4 is 15.4 Å². The zero-order valence-electron chi connectivity index (χ0n) is 19.1. The van der Waals surface area contributed by atoms with Gasteiger partial charge in [-0.1, -0.05) is 38.5 Å². The highest BCUT2D eigenvalue weighted by molar-refractivity contribution is 5.98. The van der Waals surface area contributed by atoms with Gasteiger partial charge in [-0.25, -0.2) is 0 Å². The van der Waals surface area contributed by atoms with Gasteiger partial charge in [0.05, 0.1) is 7.11 Å². The highest BCUT2D eigenvalue weighted by Gasteiger charge is 2.16. The minimum Gasteiger partial charge on any atom is -0.496 e. The van der Waals surface area contributed by atoms with Crippen LogP contribution in [0.25, 0.3) is 0 Å². The molecule has 0 unspecified atom stereocenters. The number of fused-ring (bicyclic) bond motifs is 1. The lowest BCUT2D eigenvalue weighted by atomic mass is 9.97. The van der Waals surface area contributed by atoms with Crippen LogP contribution in [0, 0.1) is 0 Å². The van der Waals surface area contributed by atoms with Crippen molar-refractivity contribution in [2.45, 2.75) is 58.8 Å².